The first-order valence-electron chi connectivity index (χ1n) is 5.75. The molecule has 0 fully saturated rings. The summed E-state index contributed by atoms with van der Waals surface area (Å²) in [6.07, 6.45) is -2.24. The van der Waals surface area contributed by atoms with Crippen LogP contribution >= 0.6 is 0 Å². The van der Waals surface area contributed by atoms with Crippen LogP contribution in [0.1, 0.15) is 12.8 Å². The largest absolute Gasteiger partial charge is 0.401 e. The van der Waals surface area contributed by atoms with Crippen molar-refractivity contribution in [2.75, 3.05) is 45.2 Å². The van der Waals surface area contributed by atoms with Gasteiger partial charge in [-0.3, -0.25) is 4.90 Å². The Morgan fingerprint density at radius 2 is 1.78 bits per heavy atom. The van der Waals surface area contributed by atoms with Crippen LogP contribution in [0, 0.1) is 0 Å². The van der Waals surface area contributed by atoms with Crippen molar-refractivity contribution in [2.24, 2.45) is 0 Å². The van der Waals surface area contributed by atoms with Crippen LogP contribution in [0.25, 0.3) is 0 Å². The van der Waals surface area contributed by atoms with Crippen LogP contribution < -0.4 is 5.32 Å². The van der Waals surface area contributed by atoms with Gasteiger partial charge in [-0.05, 0) is 26.4 Å². The van der Waals surface area contributed by atoms with Crippen molar-refractivity contribution < 1.29 is 21.6 Å². The van der Waals surface area contributed by atoms with E-state index in [9.17, 15) is 21.6 Å². The highest BCUT2D eigenvalue weighted by Crippen LogP contribution is 2.16. The normalized spacial score (nSPS) is 13.2. The van der Waals surface area contributed by atoms with E-state index in [0.29, 0.717) is 25.9 Å². The van der Waals surface area contributed by atoms with E-state index in [1.165, 1.54) is 4.90 Å². The summed E-state index contributed by atoms with van der Waals surface area (Å²) in [5.74, 6) is 0.0267. The second-order valence-electron chi connectivity index (χ2n) is 4.33. The molecule has 0 bridgehead atoms. The zero-order chi connectivity index (χ0) is 14.2. The molecule has 0 aromatic carbocycles. The van der Waals surface area contributed by atoms with Gasteiger partial charge in [-0.1, -0.05) is 0 Å². The molecule has 8 heteroatoms. The summed E-state index contributed by atoms with van der Waals surface area (Å²) in [5, 5.41) is 2.79. The van der Waals surface area contributed by atoms with E-state index in [4.69, 9.17) is 0 Å². The predicted octanol–water partition coefficient (Wildman–Crippen LogP) is 0.895. The lowest BCUT2D eigenvalue weighted by molar-refractivity contribution is -0.145. The number of alkyl halides is 3. The fourth-order valence-corrected chi connectivity index (χ4v) is 2.22. The SMILES string of the molecule is CNCCN(CCCCS(C)(=O)=O)CC(F)(F)F. The highest BCUT2D eigenvalue weighted by molar-refractivity contribution is 7.90. The molecule has 0 aromatic rings. The minimum Gasteiger partial charge on any atom is -0.318 e. The smallest absolute Gasteiger partial charge is 0.318 e. The van der Waals surface area contributed by atoms with Crippen LogP contribution in [0.4, 0.5) is 13.2 Å². The Labute approximate surface area is 106 Å². The molecule has 0 amide bonds. The molecule has 1 N–H and O–H groups in total. The number of rotatable bonds is 9. The molecular weight excluding hydrogens is 269 g/mol. The lowest BCUT2D eigenvalue weighted by Crippen LogP contribution is -2.38. The summed E-state index contributed by atoms with van der Waals surface area (Å²) in [4.78, 5) is 1.29. The fourth-order valence-electron chi connectivity index (χ4n) is 1.49. The molecule has 18 heavy (non-hydrogen) atoms. The molecule has 0 saturated heterocycles. The van der Waals surface area contributed by atoms with Gasteiger partial charge in [0.25, 0.3) is 0 Å². The Kier molecular flexibility index (Phi) is 7.81. The average Bonchev–Trinajstić information content (AvgIpc) is 2.17. The number of hydrogen-bond acceptors (Lipinski definition) is 4. The molecule has 0 spiro atoms. The summed E-state index contributed by atoms with van der Waals surface area (Å²) < 4.78 is 58.6. The molecule has 0 aliphatic rings. The van der Waals surface area contributed by atoms with Crippen molar-refractivity contribution >= 4 is 9.84 Å². The number of nitrogens with zero attached hydrogens (tertiary/aromatic N) is 1. The molecule has 0 heterocycles. The first-order valence-corrected chi connectivity index (χ1v) is 7.81. The van der Waals surface area contributed by atoms with Gasteiger partial charge in [-0.25, -0.2) is 8.42 Å². The third-order valence-electron chi connectivity index (χ3n) is 2.32. The van der Waals surface area contributed by atoms with Gasteiger partial charge >= 0.3 is 6.18 Å². The van der Waals surface area contributed by atoms with Gasteiger partial charge in [0.05, 0.1) is 6.54 Å². The second-order valence-corrected chi connectivity index (χ2v) is 6.59. The van der Waals surface area contributed by atoms with E-state index < -0.39 is 22.6 Å². The molecule has 0 unspecified atom stereocenters. The molecule has 0 radical (unpaired) electrons. The molecule has 0 rings (SSSR count). The maximum Gasteiger partial charge on any atom is 0.401 e. The van der Waals surface area contributed by atoms with Gasteiger partial charge in [-0.15, -0.1) is 0 Å². The zero-order valence-electron chi connectivity index (χ0n) is 10.8. The molecular formula is C10H21F3N2O2S. The molecule has 0 saturated carbocycles. The van der Waals surface area contributed by atoms with Gasteiger partial charge in [0, 0.05) is 25.1 Å². The molecule has 0 aromatic heterocycles. The lowest BCUT2D eigenvalue weighted by Gasteiger charge is -2.23. The fraction of sp³-hybridized carbons (Fsp3) is 1.00. The summed E-state index contributed by atoms with van der Waals surface area (Å²) in [5.41, 5.74) is 0. The highest BCUT2D eigenvalue weighted by Gasteiger charge is 2.30. The van der Waals surface area contributed by atoms with Crippen molar-refractivity contribution in [2.45, 2.75) is 19.0 Å². The minimum atomic E-state index is -4.22. The van der Waals surface area contributed by atoms with Crippen LogP contribution in [0.3, 0.4) is 0 Å². The number of sulfone groups is 1. The molecule has 0 aliphatic carbocycles. The van der Waals surface area contributed by atoms with Crippen molar-refractivity contribution in [3.8, 4) is 0 Å². The van der Waals surface area contributed by atoms with Crippen LogP contribution in [-0.2, 0) is 9.84 Å². The zero-order valence-corrected chi connectivity index (χ0v) is 11.6. The quantitative estimate of drug-likeness (QED) is 0.641. The molecule has 0 atom stereocenters. The predicted molar refractivity (Wildman–Crippen MR) is 65.4 cm³/mol. The van der Waals surface area contributed by atoms with Crippen molar-refractivity contribution in [3.05, 3.63) is 0 Å². The van der Waals surface area contributed by atoms with E-state index in [-0.39, 0.29) is 12.3 Å². The Bertz CT molecular complexity index is 318. The number of hydrogen-bond donors (Lipinski definition) is 1. The Morgan fingerprint density at radius 1 is 1.17 bits per heavy atom. The second kappa shape index (κ2) is 7.96. The lowest BCUT2D eigenvalue weighted by atomic mass is 10.3. The van der Waals surface area contributed by atoms with Gasteiger partial charge in [0.1, 0.15) is 9.84 Å². The molecule has 4 nitrogen and oxygen atoms in total. The van der Waals surface area contributed by atoms with Crippen LogP contribution in [0.2, 0.25) is 0 Å². The van der Waals surface area contributed by atoms with E-state index in [1.807, 2.05) is 0 Å². The number of likely N-dealkylation sites (N-methyl/N-ethyl adjacent to an activating group) is 1. The van der Waals surface area contributed by atoms with Crippen LogP contribution in [-0.4, -0.2) is 64.7 Å². The van der Waals surface area contributed by atoms with Crippen molar-refractivity contribution in [1.82, 2.24) is 10.2 Å². The Hall–Kier alpha value is -0.340. The number of unbranched alkanes of at least 4 members (excludes halogenated alkanes) is 1. The Morgan fingerprint density at radius 3 is 2.22 bits per heavy atom. The summed E-state index contributed by atoms with van der Waals surface area (Å²) in [6.45, 7) is 0.0846. The van der Waals surface area contributed by atoms with Crippen LogP contribution in [0.5, 0.6) is 0 Å². The van der Waals surface area contributed by atoms with Crippen LogP contribution in [0.15, 0.2) is 0 Å². The number of halogens is 3. The van der Waals surface area contributed by atoms with E-state index in [0.717, 1.165) is 6.26 Å². The topological polar surface area (TPSA) is 49.4 Å². The van der Waals surface area contributed by atoms with E-state index in [1.54, 1.807) is 7.05 Å². The third kappa shape index (κ3) is 12.1. The molecule has 0 aliphatic heterocycles. The highest BCUT2D eigenvalue weighted by atomic mass is 32.2. The maximum atomic E-state index is 12.3. The first-order chi connectivity index (χ1) is 8.14. The summed E-state index contributed by atoms with van der Waals surface area (Å²) in [7, 11) is -1.35. The van der Waals surface area contributed by atoms with Crippen molar-refractivity contribution in [3.63, 3.8) is 0 Å². The molecule has 110 valence electrons. The maximum absolute atomic E-state index is 12.3. The van der Waals surface area contributed by atoms with Crippen molar-refractivity contribution in [1.29, 1.82) is 0 Å². The van der Waals surface area contributed by atoms with Gasteiger partial charge in [0.2, 0.25) is 0 Å². The number of nitrogens with one attached hydrogen (secondary N) is 1. The summed E-state index contributed by atoms with van der Waals surface area (Å²) in [6, 6.07) is 0. The monoisotopic (exact) mass is 290 g/mol. The average molecular weight is 290 g/mol. The van der Waals surface area contributed by atoms with Gasteiger partial charge < -0.3 is 5.32 Å². The Balaban J connectivity index is 4.01. The van der Waals surface area contributed by atoms with Gasteiger partial charge in [0.15, 0.2) is 0 Å². The summed E-state index contributed by atoms with van der Waals surface area (Å²) >= 11 is 0. The third-order valence-corrected chi connectivity index (χ3v) is 3.35. The minimum absolute atomic E-state index is 0.0267. The van der Waals surface area contributed by atoms with Gasteiger partial charge in [-0.2, -0.15) is 13.2 Å². The van der Waals surface area contributed by atoms with E-state index >= 15 is 0 Å². The standard InChI is InChI=1S/C10H21F3N2O2S/c1-14-5-7-15(9-10(11,12)13)6-3-4-8-18(2,16)17/h14H,3-9H2,1-2H3. The first kappa shape index (κ1) is 17.7. The van der Waals surface area contributed by atoms with E-state index in [2.05, 4.69) is 5.32 Å².